The Kier molecular flexibility index (Phi) is 6.53. The number of ether oxygens (including phenoxy) is 1. The summed E-state index contributed by atoms with van der Waals surface area (Å²) in [5, 5.41) is 3.24. The molecule has 1 amide bonds. The Labute approximate surface area is 156 Å². The minimum Gasteiger partial charge on any atom is -0.489 e. The average molecular weight is 352 g/mol. The van der Waals surface area contributed by atoms with E-state index < -0.39 is 0 Å². The molecule has 4 nitrogen and oxygen atoms in total. The van der Waals surface area contributed by atoms with Crippen LogP contribution in [0.25, 0.3) is 0 Å². The van der Waals surface area contributed by atoms with Crippen LogP contribution in [-0.4, -0.2) is 29.9 Å². The molecule has 0 saturated carbocycles. The molecule has 3 rings (SSSR count). The number of anilines is 1. The number of amides is 1. The molecule has 4 heteroatoms. The molecule has 0 aliphatic carbocycles. The molecule has 0 radical (unpaired) electrons. The van der Waals surface area contributed by atoms with Gasteiger partial charge in [-0.25, -0.2) is 0 Å². The molecule has 1 aliphatic rings. The van der Waals surface area contributed by atoms with Crippen molar-refractivity contribution in [3.63, 3.8) is 0 Å². The van der Waals surface area contributed by atoms with Gasteiger partial charge in [-0.3, -0.25) is 4.79 Å². The number of hydrogen-bond donors (Lipinski definition) is 1. The Morgan fingerprint density at radius 2 is 1.88 bits per heavy atom. The lowest BCUT2D eigenvalue weighted by atomic mass is 10.00. The summed E-state index contributed by atoms with van der Waals surface area (Å²) in [7, 11) is 0. The minimum absolute atomic E-state index is 0.195. The van der Waals surface area contributed by atoms with E-state index in [1.807, 2.05) is 59.5 Å². The van der Waals surface area contributed by atoms with E-state index in [4.69, 9.17) is 4.74 Å². The summed E-state index contributed by atoms with van der Waals surface area (Å²) in [5.41, 5.74) is 2.09. The maximum absolute atomic E-state index is 12.5. The molecule has 0 spiro atoms. The van der Waals surface area contributed by atoms with E-state index in [2.05, 4.69) is 12.2 Å². The molecule has 1 N–H and O–H groups in total. The van der Waals surface area contributed by atoms with Crippen molar-refractivity contribution < 1.29 is 9.53 Å². The van der Waals surface area contributed by atoms with Gasteiger partial charge in [0.05, 0.1) is 6.54 Å². The molecule has 26 heavy (non-hydrogen) atoms. The molecular weight excluding hydrogens is 324 g/mol. The van der Waals surface area contributed by atoms with E-state index in [0.29, 0.717) is 19.2 Å². The lowest BCUT2D eigenvalue weighted by molar-refractivity contribution is -0.133. The first-order valence-corrected chi connectivity index (χ1v) is 9.56. The summed E-state index contributed by atoms with van der Waals surface area (Å²) in [6, 6.07) is 18.3. The highest BCUT2D eigenvalue weighted by Crippen LogP contribution is 2.20. The largest absolute Gasteiger partial charge is 0.489 e. The smallest absolute Gasteiger partial charge is 0.242 e. The van der Waals surface area contributed by atoms with Crippen LogP contribution in [0, 0.1) is 0 Å². The van der Waals surface area contributed by atoms with Gasteiger partial charge < -0.3 is 15.0 Å². The molecule has 1 fully saturated rings. The second-order valence-corrected chi connectivity index (χ2v) is 6.80. The zero-order chi connectivity index (χ0) is 18.2. The molecule has 0 aromatic heterocycles. The Hall–Kier alpha value is -2.49. The summed E-state index contributed by atoms with van der Waals surface area (Å²) < 4.78 is 5.79. The van der Waals surface area contributed by atoms with E-state index in [1.165, 1.54) is 6.42 Å². The third-order valence-electron chi connectivity index (χ3n) is 4.97. The highest BCUT2D eigenvalue weighted by Gasteiger charge is 2.24. The molecule has 2 aromatic rings. The lowest BCUT2D eigenvalue weighted by Crippen LogP contribution is -2.45. The normalized spacial score (nSPS) is 17.0. The van der Waals surface area contributed by atoms with Crippen LogP contribution in [0.1, 0.15) is 38.2 Å². The van der Waals surface area contributed by atoms with Crippen LogP contribution in [-0.2, 0) is 11.4 Å². The molecule has 1 atom stereocenters. The third-order valence-corrected chi connectivity index (χ3v) is 4.97. The molecule has 138 valence electrons. The van der Waals surface area contributed by atoms with Gasteiger partial charge in [0.25, 0.3) is 0 Å². The van der Waals surface area contributed by atoms with Crippen LogP contribution in [0.4, 0.5) is 5.69 Å². The number of hydrogen-bond acceptors (Lipinski definition) is 3. The fourth-order valence-corrected chi connectivity index (χ4v) is 3.44. The van der Waals surface area contributed by atoms with E-state index in [-0.39, 0.29) is 5.91 Å². The van der Waals surface area contributed by atoms with E-state index in [1.54, 1.807) is 0 Å². The van der Waals surface area contributed by atoms with Crippen molar-refractivity contribution in [3.8, 4) is 5.75 Å². The molecule has 2 aromatic carbocycles. The number of likely N-dealkylation sites (tertiary alicyclic amines) is 1. The third kappa shape index (κ3) is 5.01. The number of nitrogens with zero attached hydrogens (tertiary/aromatic N) is 1. The van der Waals surface area contributed by atoms with Crippen molar-refractivity contribution in [1.29, 1.82) is 0 Å². The monoisotopic (exact) mass is 352 g/mol. The summed E-state index contributed by atoms with van der Waals surface area (Å²) in [4.78, 5) is 14.6. The Morgan fingerprint density at radius 3 is 2.62 bits per heavy atom. The average Bonchev–Trinajstić information content (AvgIpc) is 2.72. The van der Waals surface area contributed by atoms with Crippen molar-refractivity contribution in [1.82, 2.24) is 4.90 Å². The van der Waals surface area contributed by atoms with Gasteiger partial charge >= 0.3 is 0 Å². The minimum atomic E-state index is 0.195. The maximum atomic E-state index is 12.5. The van der Waals surface area contributed by atoms with Crippen molar-refractivity contribution in [3.05, 3.63) is 60.2 Å². The molecule has 1 saturated heterocycles. The van der Waals surface area contributed by atoms with E-state index in [0.717, 1.165) is 42.8 Å². The second-order valence-electron chi connectivity index (χ2n) is 6.80. The van der Waals surface area contributed by atoms with Gasteiger partial charge in [0.1, 0.15) is 12.4 Å². The first-order valence-electron chi connectivity index (χ1n) is 9.56. The fourth-order valence-electron chi connectivity index (χ4n) is 3.44. The highest BCUT2D eigenvalue weighted by molar-refractivity contribution is 5.81. The van der Waals surface area contributed by atoms with Crippen LogP contribution in [0.2, 0.25) is 0 Å². The van der Waals surface area contributed by atoms with Crippen LogP contribution in [0.5, 0.6) is 5.75 Å². The van der Waals surface area contributed by atoms with Crippen molar-refractivity contribution in [2.24, 2.45) is 0 Å². The Balaban J connectivity index is 1.47. The van der Waals surface area contributed by atoms with Gasteiger partial charge in [0.15, 0.2) is 0 Å². The van der Waals surface area contributed by atoms with Gasteiger partial charge in [0, 0.05) is 18.3 Å². The van der Waals surface area contributed by atoms with Gasteiger partial charge in [-0.1, -0.05) is 37.3 Å². The SMILES string of the molecule is CCC1CCCCN1C(=O)CNc1ccc(OCc2ccccc2)cc1. The molecular formula is C22H28N2O2. The summed E-state index contributed by atoms with van der Waals surface area (Å²) >= 11 is 0. The summed E-state index contributed by atoms with van der Waals surface area (Å²) in [6.07, 6.45) is 4.53. The number of rotatable bonds is 7. The maximum Gasteiger partial charge on any atom is 0.242 e. The predicted molar refractivity (Wildman–Crippen MR) is 105 cm³/mol. The van der Waals surface area contributed by atoms with Gasteiger partial charge in [0.2, 0.25) is 5.91 Å². The van der Waals surface area contributed by atoms with Gasteiger partial charge in [-0.2, -0.15) is 0 Å². The zero-order valence-electron chi connectivity index (χ0n) is 15.5. The summed E-state index contributed by atoms with van der Waals surface area (Å²) in [5.74, 6) is 1.02. The molecule has 1 aliphatic heterocycles. The fraction of sp³-hybridized carbons (Fsp3) is 0.409. The lowest BCUT2D eigenvalue weighted by Gasteiger charge is -2.35. The predicted octanol–water partition coefficient (Wildman–Crippen LogP) is 4.47. The molecule has 0 bridgehead atoms. The zero-order valence-corrected chi connectivity index (χ0v) is 15.5. The Morgan fingerprint density at radius 1 is 1.12 bits per heavy atom. The Bertz CT molecular complexity index is 685. The van der Waals surface area contributed by atoms with Crippen LogP contribution >= 0.6 is 0 Å². The number of carbonyl (C=O) groups is 1. The first kappa shape index (κ1) is 18.3. The molecule has 1 unspecified atom stereocenters. The number of nitrogens with one attached hydrogen (secondary N) is 1. The van der Waals surface area contributed by atoms with E-state index in [9.17, 15) is 4.79 Å². The topological polar surface area (TPSA) is 41.6 Å². The van der Waals surface area contributed by atoms with Crippen molar-refractivity contribution in [2.75, 3.05) is 18.4 Å². The first-order chi connectivity index (χ1) is 12.8. The van der Waals surface area contributed by atoms with Crippen LogP contribution in [0.15, 0.2) is 54.6 Å². The quantitative estimate of drug-likeness (QED) is 0.799. The van der Waals surface area contributed by atoms with Gasteiger partial charge in [-0.15, -0.1) is 0 Å². The second kappa shape index (κ2) is 9.27. The number of carbonyl (C=O) groups excluding carboxylic acids is 1. The highest BCUT2D eigenvalue weighted by atomic mass is 16.5. The van der Waals surface area contributed by atoms with Crippen molar-refractivity contribution in [2.45, 2.75) is 45.3 Å². The van der Waals surface area contributed by atoms with Crippen molar-refractivity contribution >= 4 is 11.6 Å². The number of piperidine rings is 1. The van der Waals surface area contributed by atoms with Crippen LogP contribution in [0.3, 0.4) is 0 Å². The van der Waals surface area contributed by atoms with Gasteiger partial charge in [-0.05, 0) is 55.5 Å². The van der Waals surface area contributed by atoms with E-state index >= 15 is 0 Å². The summed E-state index contributed by atoms with van der Waals surface area (Å²) in [6.45, 7) is 3.96. The molecule has 1 heterocycles. The van der Waals surface area contributed by atoms with Crippen LogP contribution < -0.4 is 10.1 Å². The number of benzene rings is 2. The standard InChI is InChI=1S/C22H28N2O2/c1-2-20-10-6-7-15-24(20)22(25)16-23-19-11-13-21(14-12-19)26-17-18-8-4-3-5-9-18/h3-5,8-9,11-14,20,23H,2,6-7,10,15-17H2,1H3.